The minimum absolute atomic E-state index is 0. The van der Waals surface area contributed by atoms with Gasteiger partial charge < -0.3 is 8.33 Å². The topological polar surface area (TPSA) is 31.5 Å². The van der Waals surface area contributed by atoms with Crippen molar-refractivity contribution < 1.29 is 34.2 Å². The third kappa shape index (κ3) is 8.85. The molecule has 23 valence electrons. The molecule has 0 atom stereocenters. The molecule has 0 rings (SSSR count). The Hall–Kier alpha value is 2.31. The maximum Gasteiger partial charge on any atom is 2.00 e. The number of hydrogen-bond acceptors (Lipinski definition) is 0. The first-order valence-corrected chi connectivity index (χ1v) is 0. The van der Waals surface area contributed by atoms with Gasteiger partial charge in [-0.2, -0.15) is 0 Å². The third-order valence-electron chi connectivity index (χ3n) is 0. The summed E-state index contributed by atoms with van der Waals surface area (Å²) in [6.45, 7) is 0. The zero-order valence-electron chi connectivity index (χ0n) is 3.78. The van der Waals surface area contributed by atoms with Gasteiger partial charge in [0.05, 0.1) is 0 Å². The molecule has 0 unspecified atom stereocenters. The standard InChI is InChI=1S/Ca.H2O.Sc.H4Si.2H/h;1H2;;1H4;;/q+2;;;;2*-1. The molecule has 0 aromatic carbocycles. The Morgan fingerprint density at radius 2 is 1.25 bits per heavy atom. The van der Waals surface area contributed by atoms with Gasteiger partial charge in [-0.3, -0.25) is 0 Å². The minimum Gasteiger partial charge on any atom is -1.00 e. The molecule has 0 saturated carbocycles. The van der Waals surface area contributed by atoms with Gasteiger partial charge in [-0.05, 0) is 11.0 Å². The van der Waals surface area contributed by atoms with Crippen molar-refractivity contribution in [2.24, 2.45) is 0 Å². The van der Waals surface area contributed by atoms with Gasteiger partial charge >= 0.3 is 37.7 Å². The molecule has 0 aliphatic carbocycles. The molecule has 0 spiro atoms. The minimum atomic E-state index is 0. The van der Waals surface area contributed by atoms with Gasteiger partial charge in [0.1, 0.15) is 0 Å². The van der Waals surface area contributed by atoms with Crippen molar-refractivity contribution in [2.75, 3.05) is 0 Å². The van der Waals surface area contributed by atoms with E-state index in [4.69, 9.17) is 0 Å². The van der Waals surface area contributed by atoms with Crippen LogP contribution in [0.3, 0.4) is 0 Å². The fraction of sp³-hybridized carbons (Fsp3) is 0. The molecule has 1 radical (unpaired) electrons. The smallest absolute Gasteiger partial charge is 1.00 e. The molecule has 0 aliphatic heterocycles. The van der Waals surface area contributed by atoms with Gasteiger partial charge in [0.25, 0.3) is 0 Å². The van der Waals surface area contributed by atoms with Gasteiger partial charge in [0.2, 0.25) is 0 Å². The second-order valence-corrected chi connectivity index (χ2v) is 0. The van der Waals surface area contributed by atoms with Crippen molar-refractivity contribution in [3.05, 3.63) is 0 Å². The van der Waals surface area contributed by atoms with E-state index in [1.54, 1.807) is 0 Å². The molecule has 4 heteroatoms. The molecule has 4 heavy (non-hydrogen) atoms. The molecule has 0 amide bonds. The van der Waals surface area contributed by atoms with E-state index in [0.717, 1.165) is 0 Å². The summed E-state index contributed by atoms with van der Waals surface area (Å²) in [5.74, 6) is 0. The summed E-state index contributed by atoms with van der Waals surface area (Å²) in [4.78, 5) is 0. The van der Waals surface area contributed by atoms with E-state index in [0.29, 0.717) is 0 Å². The molecule has 1 nitrogen and oxygen atoms in total. The van der Waals surface area contributed by atoms with Gasteiger partial charge in [-0.1, -0.05) is 0 Å². The van der Waals surface area contributed by atoms with Crippen LogP contribution in [0.5, 0.6) is 0 Å². The van der Waals surface area contributed by atoms with Crippen LogP contribution in [0.4, 0.5) is 0 Å². The molecule has 0 aromatic rings. The summed E-state index contributed by atoms with van der Waals surface area (Å²) in [6, 6.07) is 0. The summed E-state index contributed by atoms with van der Waals surface area (Å²) >= 11 is 0. The summed E-state index contributed by atoms with van der Waals surface area (Å²) in [5, 5.41) is 0. The summed E-state index contributed by atoms with van der Waals surface area (Å²) < 4.78 is 0. The molecule has 0 fully saturated rings. The van der Waals surface area contributed by atoms with Crippen LogP contribution in [0.1, 0.15) is 2.85 Å². The Kier molecular flexibility index (Phi) is 154. The van der Waals surface area contributed by atoms with Crippen LogP contribution < -0.4 is 0 Å². The zero-order chi connectivity index (χ0) is 0. The van der Waals surface area contributed by atoms with Crippen LogP contribution in [0.25, 0.3) is 0 Å². The maximum absolute atomic E-state index is 0. The van der Waals surface area contributed by atoms with Gasteiger partial charge in [0, 0.05) is 25.8 Å². The van der Waals surface area contributed by atoms with Crippen LogP contribution in [0.15, 0.2) is 0 Å². The predicted octanol–water partition coefficient (Wildman–Crippen LogP) is -2.43. The fourth-order valence-corrected chi connectivity index (χ4v) is 0. The first kappa shape index (κ1) is 33.4. The SMILES string of the molecule is O.[Ca+2].[H-].[H-].[Sc].[SiH4]. The monoisotopic (exact) mass is 137 g/mol. The van der Waals surface area contributed by atoms with Crippen LogP contribution in [0, 0.1) is 0 Å². The number of hydrogen-bond donors (Lipinski definition) is 0. The summed E-state index contributed by atoms with van der Waals surface area (Å²) in [7, 11) is 0. The molecule has 0 saturated heterocycles. The Morgan fingerprint density at radius 1 is 1.25 bits per heavy atom. The Morgan fingerprint density at radius 3 is 1.25 bits per heavy atom. The predicted molar refractivity (Wildman–Crippen MR) is 22.9 cm³/mol. The first-order valence-electron chi connectivity index (χ1n) is 0. The molecule has 0 heterocycles. The molecule has 0 bridgehead atoms. The van der Waals surface area contributed by atoms with Crippen molar-refractivity contribution >= 4 is 48.7 Å². The summed E-state index contributed by atoms with van der Waals surface area (Å²) in [5.41, 5.74) is 0. The van der Waals surface area contributed by atoms with Crippen molar-refractivity contribution in [1.29, 1.82) is 0 Å². The molecular formula is H8CaOScSi. The van der Waals surface area contributed by atoms with E-state index in [1.165, 1.54) is 0 Å². The second kappa shape index (κ2) is 18.5. The van der Waals surface area contributed by atoms with Crippen LogP contribution >= 0.6 is 0 Å². The maximum atomic E-state index is 0. The second-order valence-electron chi connectivity index (χ2n) is 0. The van der Waals surface area contributed by atoms with E-state index in [9.17, 15) is 0 Å². The number of rotatable bonds is 0. The van der Waals surface area contributed by atoms with E-state index in [-0.39, 0.29) is 82.9 Å². The van der Waals surface area contributed by atoms with E-state index < -0.39 is 0 Å². The average Bonchev–Trinajstić information content (AvgIpc) is 0. The van der Waals surface area contributed by atoms with Gasteiger partial charge in [0.15, 0.2) is 0 Å². The Bertz CT molecular complexity index is 13.5. The largest absolute Gasteiger partial charge is 2.00 e. The van der Waals surface area contributed by atoms with Crippen molar-refractivity contribution in [1.82, 2.24) is 0 Å². The van der Waals surface area contributed by atoms with Crippen LogP contribution in [0.2, 0.25) is 0 Å². The van der Waals surface area contributed by atoms with Crippen LogP contribution in [-0.2, 0) is 25.8 Å². The third-order valence-corrected chi connectivity index (χ3v) is 0. The van der Waals surface area contributed by atoms with Crippen molar-refractivity contribution in [3.63, 3.8) is 0 Å². The normalized spacial score (nSPS) is 0. The first-order chi connectivity index (χ1) is 0. The van der Waals surface area contributed by atoms with E-state index in [1.807, 2.05) is 0 Å². The van der Waals surface area contributed by atoms with Crippen LogP contribution in [-0.4, -0.2) is 54.2 Å². The summed E-state index contributed by atoms with van der Waals surface area (Å²) in [6.07, 6.45) is 0. The Labute approximate surface area is 81.6 Å². The fourth-order valence-electron chi connectivity index (χ4n) is 0. The average molecular weight is 137 g/mol. The van der Waals surface area contributed by atoms with Gasteiger partial charge in [-0.15, -0.1) is 0 Å². The molecule has 0 aliphatic rings. The van der Waals surface area contributed by atoms with E-state index in [2.05, 4.69) is 0 Å². The molecule has 0 aromatic heterocycles. The molecular weight excluding hydrogens is 129 g/mol. The van der Waals surface area contributed by atoms with Crippen molar-refractivity contribution in [3.8, 4) is 0 Å². The quantitative estimate of drug-likeness (QED) is 0.332. The molecule has 2 N–H and O–H groups in total. The zero-order valence-corrected chi connectivity index (χ0v) is 5.80. The van der Waals surface area contributed by atoms with E-state index >= 15 is 0 Å². The van der Waals surface area contributed by atoms with Crippen molar-refractivity contribution in [2.45, 2.75) is 0 Å². The Balaban J connectivity index is 0. The van der Waals surface area contributed by atoms with Gasteiger partial charge in [-0.25, -0.2) is 0 Å².